The van der Waals surface area contributed by atoms with Gasteiger partial charge in [-0.25, -0.2) is 0 Å². The lowest BCUT2D eigenvalue weighted by Gasteiger charge is -2.39. The van der Waals surface area contributed by atoms with E-state index < -0.39 is 15.8 Å². The van der Waals surface area contributed by atoms with Gasteiger partial charge in [0.05, 0.1) is 0 Å². The molecule has 6 aromatic carbocycles. The summed E-state index contributed by atoms with van der Waals surface area (Å²) in [5.74, 6) is 5.85. The maximum atomic E-state index is 7.78. The molecule has 0 unspecified atom stereocenters. The van der Waals surface area contributed by atoms with Crippen molar-refractivity contribution in [2.75, 3.05) is 0 Å². The summed E-state index contributed by atoms with van der Waals surface area (Å²) in [5, 5.41) is 7.64. The molecule has 0 fully saturated rings. The van der Waals surface area contributed by atoms with Crippen LogP contribution in [0.2, 0.25) is 0 Å². The van der Waals surface area contributed by atoms with Crippen LogP contribution in [0.25, 0.3) is 0 Å². The van der Waals surface area contributed by atoms with Gasteiger partial charge in [0.2, 0.25) is 0 Å². The van der Waals surface area contributed by atoms with Crippen molar-refractivity contribution < 1.29 is 14.2 Å². The molecule has 3 aliphatic heterocycles. The summed E-state index contributed by atoms with van der Waals surface area (Å²) < 4.78 is 21.6. The van der Waals surface area contributed by atoms with E-state index in [0.717, 1.165) is 85.9 Å². The molecule has 0 saturated carbocycles. The lowest BCUT2D eigenvalue weighted by atomic mass is 9.76. The van der Waals surface area contributed by atoms with Crippen molar-refractivity contribution in [2.24, 2.45) is 21.7 Å². The lowest BCUT2D eigenvalue weighted by molar-refractivity contribution is 0.378. The largest absolute Gasteiger partial charge is 0.456 e. The fourth-order valence-electron chi connectivity index (χ4n) is 9.86. The Morgan fingerprint density at radius 1 is 0.353 bits per heavy atom. The summed E-state index contributed by atoms with van der Waals surface area (Å²) >= 11 is 0. The van der Waals surface area contributed by atoms with E-state index in [-0.39, 0.29) is 27.1 Å². The van der Waals surface area contributed by atoms with Gasteiger partial charge in [-0.05, 0) is 160 Å². The summed E-state index contributed by atoms with van der Waals surface area (Å²) in [5.41, 5.74) is 8.56. The molecule has 5 heteroatoms. The fraction of sp³-hybridized carbons (Fsp3) is 0.429. The van der Waals surface area contributed by atoms with Gasteiger partial charge in [0, 0.05) is 48.4 Å². The van der Waals surface area contributed by atoms with E-state index in [2.05, 4.69) is 206 Å². The number of para-hydroxylation sites is 2. The molecule has 356 valence electrons. The zero-order valence-corrected chi connectivity index (χ0v) is 45.5. The summed E-state index contributed by atoms with van der Waals surface area (Å²) in [6.45, 7) is 32.9. The van der Waals surface area contributed by atoms with Gasteiger partial charge in [-0.15, -0.1) is 0 Å². The molecule has 0 N–H and O–H groups in total. The highest BCUT2D eigenvalue weighted by atomic mass is 31.1. The fourth-order valence-corrected chi connectivity index (χ4v) is 15.2. The maximum Gasteiger partial charge on any atom is 0.139 e. The second kappa shape index (κ2) is 18.1. The molecule has 3 aliphatic rings. The Bertz CT molecular complexity index is 2530. The maximum absolute atomic E-state index is 7.78. The van der Waals surface area contributed by atoms with Crippen molar-refractivity contribution in [3.8, 4) is 34.5 Å². The third kappa shape index (κ3) is 10.4. The van der Waals surface area contributed by atoms with Crippen LogP contribution in [0.3, 0.4) is 0 Å². The monoisotopic (exact) mass is 943 g/mol. The second-order valence-corrected chi connectivity index (χ2v) is 29.6. The predicted octanol–water partition coefficient (Wildman–Crippen LogP) is 15.8. The molecule has 0 saturated heterocycles. The molecule has 0 aromatic heterocycles. The average molecular weight is 943 g/mol. The van der Waals surface area contributed by atoms with Crippen LogP contribution in [0.4, 0.5) is 0 Å². The third-order valence-corrected chi connectivity index (χ3v) is 19.2. The minimum atomic E-state index is -1.06. The molecule has 0 bridgehead atoms. The lowest BCUT2D eigenvalue weighted by Crippen LogP contribution is -2.35. The standard InChI is InChI=1S/C63H76O3P2/c1-59(2,3)33-29-41-21-25-47-53(37-41)67(54-38-42(22-26-48(54)64-47)30-34-60(4,5)6)51-19-15-17-45-57(51)66-58-46(63(45,13)14)18-16-20-52(58)68-55-39-43(31-35-61(7,8)9)23-27-49(55)65-50-28-24-44(40-56(50)68)32-36-62(10,11)12/h15-28,37-40H,29-36H2,1-14H3. The van der Waals surface area contributed by atoms with Crippen LogP contribution in [0.5, 0.6) is 34.5 Å². The zero-order valence-electron chi connectivity index (χ0n) is 43.7. The molecular weight excluding hydrogens is 867 g/mol. The number of benzene rings is 6. The summed E-state index contributed by atoms with van der Waals surface area (Å²) in [6, 6.07) is 41.9. The van der Waals surface area contributed by atoms with E-state index in [1.807, 2.05) is 0 Å². The van der Waals surface area contributed by atoms with Gasteiger partial charge in [-0.2, -0.15) is 0 Å². The van der Waals surface area contributed by atoms with Crippen molar-refractivity contribution in [2.45, 2.75) is 154 Å². The highest BCUT2D eigenvalue weighted by molar-refractivity contribution is 7.81. The summed E-state index contributed by atoms with van der Waals surface area (Å²) in [6.07, 6.45) is 8.57. The number of ether oxygens (including phenoxy) is 3. The van der Waals surface area contributed by atoms with E-state index in [1.54, 1.807) is 0 Å². The molecule has 9 rings (SSSR count). The van der Waals surface area contributed by atoms with Crippen molar-refractivity contribution in [1.29, 1.82) is 0 Å². The van der Waals surface area contributed by atoms with Crippen LogP contribution < -0.4 is 46.0 Å². The van der Waals surface area contributed by atoms with Crippen LogP contribution >= 0.6 is 15.8 Å². The number of fused-ring (bicyclic) bond motifs is 6. The normalized spacial score (nSPS) is 15.4. The van der Waals surface area contributed by atoms with E-state index in [0.29, 0.717) is 0 Å². The Labute approximate surface area is 412 Å². The average Bonchev–Trinajstić information content (AvgIpc) is 3.26. The molecule has 68 heavy (non-hydrogen) atoms. The summed E-state index contributed by atoms with van der Waals surface area (Å²) in [7, 11) is -2.13. The van der Waals surface area contributed by atoms with Gasteiger partial charge in [-0.3, -0.25) is 0 Å². The van der Waals surface area contributed by atoms with Crippen molar-refractivity contribution in [3.05, 3.63) is 143 Å². The number of aryl methyl sites for hydroxylation is 4. The Kier molecular flexibility index (Phi) is 12.9. The van der Waals surface area contributed by atoms with Gasteiger partial charge < -0.3 is 14.2 Å². The predicted molar refractivity (Wildman–Crippen MR) is 294 cm³/mol. The van der Waals surface area contributed by atoms with Gasteiger partial charge >= 0.3 is 0 Å². The highest BCUT2D eigenvalue weighted by Gasteiger charge is 2.42. The molecular formula is C63H76O3P2. The van der Waals surface area contributed by atoms with Crippen molar-refractivity contribution >= 4 is 47.7 Å². The van der Waals surface area contributed by atoms with Gasteiger partial charge in [0.15, 0.2) is 0 Å². The SMILES string of the molecule is CC(C)(C)CCc1ccc2c(c1)P(c1cccc3c1Oc1c(P4c5cc(CCC(C)(C)C)ccc5Oc5ccc(CCC(C)(C)C)cc54)cccc1C3(C)C)c1cc(CCC(C)(C)C)ccc1O2. The van der Waals surface area contributed by atoms with Gasteiger partial charge in [0.1, 0.15) is 34.5 Å². The zero-order chi connectivity index (χ0) is 48.6. The van der Waals surface area contributed by atoms with E-state index in [1.165, 1.54) is 65.2 Å². The Balaban J connectivity index is 1.22. The van der Waals surface area contributed by atoms with E-state index >= 15 is 0 Å². The van der Waals surface area contributed by atoms with Crippen LogP contribution in [-0.2, 0) is 31.1 Å². The van der Waals surface area contributed by atoms with E-state index in [9.17, 15) is 0 Å². The number of hydrogen-bond acceptors (Lipinski definition) is 3. The molecule has 3 nitrogen and oxygen atoms in total. The minimum Gasteiger partial charge on any atom is -0.456 e. The first-order valence-electron chi connectivity index (χ1n) is 25.3. The molecule has 0 atom stereocenters. The first-order valence-corrected chi connectivity index (χ1v) is 28.0. The molecule has 0 amide bonds. The van der Waals surface area contributed by atoms with Crippen LogP contribution in [0.15, 0.2) is 109 Å². The topological polar surface area (TPSA) is 27.7 Å². The summed E-state index contributed by atoms with van der Waals surface area (Å²) in [4.78, 5) is 0. The molecule has 6 aromatic rings. The Morgan fingerprint density at radius 3 is 0.897 bits per heavy atom. The van der Waals surface area contributed by atoms with Crippen LogP contribution in [0.1, 0.15) is 156 Å². The first kappa shape index (κ1) is 48.6. The van der Waals surface area contributed by atoms with Crippen molar-refractivity contribution in [3.63, 3.8) is 0 Å². The molecule has 0 radical (unpaired) electrons. The first-order chi connectivity index (χ1) is 31.9. The van der Waals surface area contributed by atoms with Crippen LogP contribution in [-0.4, -0.2) is 0 Å². The van der Waals surface area contributed by atoms with Crippen molar-refractivity contribution in [1.82, 2.24) is 0 Å². The quantitative estimate of drug-likeness (QED) is 0.128. The van der Waals surface area contributed by atoms with E-state index in [4.69, 9.17) is 14.2 Å². The number of rotatable bonds is 10. The molecule has 0 spiro atoms. The van der Waals surface area contributed by atoms with Gasteiger partial charge in [-0.1, -0.05) is 158 Å². The Hall–Kier alpha value is -4.42. The number of hydrogen-bond donors (Lipinski definition) is 0. The van der Waals surface area contributed by atoms with Crippen LogP contribution in [0, 0.1) is 21.7 Å². The minimum absolute atomic E-state index is 0.240. The third-order valence-electron chi connectivity index (χ3n) is 14.2. The smallest absolute Gasteiger partial charge is 0.139 e. The Morgan fingerprint density at radius 2 is 0.632 bits per heavy atom. The van der Waals surface area contributed by atoms with Gasteiger partial charge in [0.25, 0.3) is 0 Å². The molecule has 3 heterocycles. The molecule has 0 aliphatic carbocycles. The highest BCUT2D eigenvalue weighted by Crippen LogP contribution is 2.56. The second-order valence-electron chi connectivity index (χ2n) is 25.4.